The number of para-hydroxylation sites is 1. The molecule has 1 aliphatic carbocycles. The van der Waals surface area contributed by atoms with Gasteiger partial charge in [-0.25, -0.2) is 8.42 Å². The van der Waals surface area contributed by atoms with Crippen LogP contribution in [-0.4, -0.2) is 18.6 Å². The van der Waals surface area contributed by atoms with Gasteiger partial charge >= 0.3 is 0 Å². The molecule has 1 fully saturated rings. The predicted octanol–water partition coefficient (Wildman–Crippen LogP) is 4.39. The van der Waals surface area contributed by atoms with E-state index in [9.17, 15) is 8.42 Å². The maximum absolute atomic E-state index is 13.6. The summed E-state index contributed by atoms with van der Waals surface area (Å²) >= 11 is 5.95. The molecule has 1 aromatic heterocycles. The zero-order chi connectivity index (χ0) is 17.9. The van der Waals surface area contributed by atoms with Crippen LogP contribution in [0.3, 0.4) is 0 Å². The number of nitrogens with one attached hydrogen (secondary N) is 1. The Labute approximate surface area is 156 Å². The highest BCUT2D eigenvalue weighted by Crippen LogP contribution is 2.54. The van der Waals surface area contributed by atoms with Crippen LogP contribution in [0.15, 0.2) is 59.6 Å². The zero-order valence-corrected chi connectivity index (χ0v) is 15.3. The Morgan fingerprint density at radius 1 is 1.08 bits per heavy atom. The Hall–Kier alpha value is -2.31. The number of rotatable bonds is 3. The Balaban J connectivity index is 1.75. The van der Waals surface area contributed by atoms with Gasteiger partial charge in [-0.05, 0) is 49.1 Å². The van der Waals surface area contributed by atoms with Gasteiger partial charge in [-0.15, -0.1) is 0 Å². The summed E-state index contributed by atoms with van der Waals surface area (Å²) in [5.74, 6) is 0.307. The lowest BCUT2D eigenvalue weighted by atomic mass is 9.93. The van der Waals surface area contributed by atoms with Gasteiger partial charge in [0.1, 0.15) is 0 Å². The van der Waals surface area contributed by atoms with E-state index in [1.165, 1.54) is 0 Å². The third-order valence-corrected chi connectivity index (χ3v) is 7.15. The number of benzene rings is 2. The minimum absolute atomic E-state index is 0.237. The van der Waals surface area contributed by atoms with E-state index in [1.54, 1.807) is 34.8 Å². The molecule has 0 saturated heterocycles. The third kappa shape index (κ3) is 2.29. The minimum Gasteiger partial charge on any atom is -0.277 e. The molecule has 2 heterocycles. The van der Waals surface area contributed by atoms with Crippen molar-refractivity contribution in [2.75, 3.05) is 4.31 Å². The number of hydrogen-bond acceptors (Lipinski definition) is 3. The fourth-order valence-electron chi connectivity index (χ4n) is 3.75. The second-order valence-electron chi connectivity index (χ2n) is 6.75. The largest absolute Gasteiger partial charge is 0.277 e. The lowest BCUT2D eigenvalue weighted by molar-refractivity contribution is 0.559. The SMILES string of the molecule is O=S(=O)(c1ccc(Cl)cc1)N1c2ccccc2-c2[nH]ncc2C1C1CC1. The van der Waals surface area contributed by atoms with Crippen molar-refractivity contribution in [2.45, 2.75) is 23.8 Å². The monoisotopic (exact) mass is 385 g/mol. The van der Waals surface area contributed by atoms with Crippen LogP contribution in [0.1, 0.15) is 24.4 Å². The molecule has 1 N–H and O–H groups in total. The highest BCUT2D eigenvalue weighted by molar-refractivity contribution is 7.92. The molecule has 5 rings (SSSR count). The fourth-order valence-corrected chi connectivity index (χ4v) is 5.58. The maximum Gasteiger partial charge on any atom is 0.264 e. The first-order valence-electron chi connectivity index (χ1n) is 8.50. The van der Waals surface area contributed by atoms with Gasteiger partial charge in [0, 0.05) is 16.1 Å². The van der Waals surface area contributed by atoms with Gasteiger partial charge in [-0.2, -0.15) is 5.10 Å². The van der Waals surface area contributed by atoms with Crippen LogP contribution in [0.25, 0.3) is 11.3 Å². The molecular weight excluding hydrogens is 370 g/mol. The maximum atomic E-state index is 13.6. The zero-order valence-electron chi connectivity index (χ0n) is 13.8. The number of aromatic amines is 1. The summed E-state index contributed by atoms with van der Waals surface area (Å²) in [6, 6.07) is 13.7. The number of H-pyrrole nitrogens is 1. The normalized spacial score (nSPS) is 19.1. The number of aromatic nitrogens is 2. The molecule has 7 heteroatoms. The van der Waals surface area contributed by atoms with Crippen LogP contribution in [0, 0.1) is 5.92 Å². The first-order chi connectivity index (χ1) is 12.6. The van der Waals surface area contributed by atoms with E-state index in [4.69, 9.17) is 11.6 Å². The average molecular weight is 386 g/mol. The average Bonchev–Trinajstić information content (AvgIpc) is 3.36. The van der Waals surface area contributed by atoms with Crippen LogP contribution >= 0.6 is 11.6 Å². The molecule has 0 spiro atoms. The molecule has 1 saturated carbocycles. The van der Waals surface area contributed by atoms with Crippen molar-refractivity contribution in [3.8, 4) is 11.3 Å². The van der Waals surface area contributed by atoms with Crippen LogP contribution in [-0.2, 0) is 10.0 Å². The molecule has 1 unspecified atom stereocenters. The summed E-state index contributed by atoms with van der Waals surface area (Å²) in [7, 11) is -3.73. The second kappa shape index (κ2) is 5.59. The van der Waals surface area contributed by atoms with Gasteiger partial charge in [-0.3, -0.25) is 9.40 Å². The van der Waals surface area contributed by atoms with Crippen molar-refractivity contribution < 1.29 is 8.42 Å². The summed E-state index contributed by atoms with van der Waals surface area (Å²) in [5.41, 5.74) is 3.41. The molecule has 26 heavy (non-hydrogen) atoms. The lowest BCUT2D eigenvalue weighted by Crippen LogP contribution is -2.38. The van der Waals surface area contributed by atoms with Crippen molar-refractivity contribution in [3.05, 3.63) is 65.3 Å². The smallest absolute Gasteiger partial charge is 0.264 e. The highest BCUT2D eigenvalue weighted by Gasteiger charge is 2.47. The molecule has 2 aromatic carbocycles. The van der Waals surface area contributed by atoms with Crippen molar-refractivity contribution in [1.82, 2.24) is 10.2 Å². The van der Waals surface area contributed by atoms with Crippen molar-refractivity contribution in [2.24, 2.45) is 5.92 Å². The molecule has 0 amide bonds. The molecule has 1 aliphatic heterocycles. The minimum atomic E-state index is -3.73. The van der Waals surface area contributed by atoms with E-state index in [2.05, 4.69) is 10.2 Å². The number of anilines is 1. The van der Waals surface area contributed by atoms with E-state index >= 15 is 0 Å². The Morgan fingerprint density at radius 3 is 2.54 bits per heavy atom. The first-order valence-corrected chi connectivity index (χ1v) is 10.3. The molecule has 1 atom stereocenters. The number of fused-ring (bicyclic) bond motifs is 3. The Morgan fingerprint density at radius 2 is 1.81 bits per heavy atom. The van der Waals surface area contributed by atoms with Gasteiger partial charge in [0.25, 0.3) is 10.0 Å². The van der Waals surface area contributed by atoms with Crippen molar-refractivity contribution in [3.63, 3.8) is 0 Å². The topological polar surface area (TPSA) is 66.1 Å². The molecular formula is C19H16ClN3O2S. The summed E-state index contributed by atoms with van der Waals surface area (Å²) in [5, 5.41) is 7.77. The van der Waals surface area contributed by atoms with Crippen molar-refractivity contribution in [1.29, 1.82) is 0 Å². The van der Waals surface area contributed by atoms with Gasteiger partial charge in [0.2, 0.25) is 0 Å². The summed E-state index contributed by atoms with van der Waals surface area (Å²) < 4.78 is 28.8. The molecule has 0 radical (unpaired) electrons. The second-order valence-corrected chi connectivity index (χ2v) is 9.01. The number of nitrogens with zero attached hydrogens (tertiary/aromatic N) is 2. The van der Waals surface area contributed by atoms with Crippen molar-refractivity contribution >= 4 is 27.3 Å². The van der Waals surface area contributed by atoms with E-state index in [0.29, 0.717) is 16.6 Å². The highest BCUT2D eigenvalue weighted by atomic mass is 35.5. The standard InChI is InChI=1S/C19H16ClN3O2S/c20-13-7-9-14(10-8-13)26(24,25)23-17-4-2-1-3-15(17)18-16(11-21-22-18)19(23)12-5-6-12/h1-4,7-12,19H,5-6H2,(H,21,22). The Bertz CT molecular complexity index is 1090. The summed E-state index contributed by atoms with van der Waals surface area (Å²) in [4.78, 5) is 0.245. The molecule has 2 aliphatic rings. The van der Waals surface area contributed by atoms with E-state index in [1.807, 2.05) is 24.3 Å². The predicted molar refractivity (Wildman–Crippen MR) is 101 cm³/mol. The van der Waals surface area contributed by atoms with E-state index in [-0.39, 0.29) is 10.9 Å². The van der Waals surface area contributed by atoms with Crippen LogP contribution < -0.4 is 4.31 Å². The van der Waals surface area contributed by atoms with E-state index in [0.717, 1.165) is 29.7 Å². The van der Waals surface area contributed by atoms with Gasteiger partial charge < -0.3 is 0 Å². The molecule has 0 bridgehead atoms. The van der Waals surface area contributed by atoms with E-state index < -0.39 is 10.0 Å². The molecule has 132 valence electrons. The molecule has 3 aromatic rings. The quantitative estimate of drug-likeness (QED) is 0.727. The van der Waals surface area contributed by atoms with Gasteiger partial charge in [0.15, 0.2) is 0 Å². The van der Waals surface area contributed by atoms with Gasteiger partial charge in [-0.1, -0.05) is 29.8 Å². The van der Waals surface area contributed by atoms with Gasteiger partial charge in [0.05, 0.1) is 28.5 Å². The van der Waals surface area contributed by atoms with Crippen LogP contribution in [0.2, 0.25) is 5.02 Å². The van der Waals surface area contributed by atoms with Crippen LogP contribution in [0.4, 0.5) is 5.69 Å². The molecule has 5 nitrogen and oxygen atoms in total. The summed E-state index contributed by atoms with van der Waals surface area (Å²) in [6.07, 6.45) is 3.80. The van der Waals surface area contributed by atoms with Crippen LogP contribution in [0.5, 0.6) is 0 Å². The third-order valence-electron chi connectivity index (χ3n) is 5.09. The number of hydrogen-bond donors (Lipinski definition) is 1. The number of sulfonamides is 1. The summed E-state index contributed by atoms with van der Waals surface area (Å²) in [6.45, 7) is 0. The lowest BCUT2D eigenvalue weighted by Gasteiger charge is -2.37. The fraction of sp³-hybridized carbons (Fsp3) is 0.211. The first kappa shape index (κ1) is 15.9. The number of halogens is 1. The Kier molecular flexibility index (Phi) is 3.42.